The van der Waals surface area contributed by atoms with Crippen molar-refractivity contribution in [2.24, 2.45) is 5.73 Å². The number of carbonyl (C=O) groups is 1. The number of carbonyl (C=O) groups excluding carboxylic acids is 1. The van der Waals surface area contributed by atoms with Crippen LogP contribution in [0.2, 0.25) is 0 Å². The molecule has 5 nitrogen and oxygen atoms in total. The number of likely N-dealkylation sites (tertiary alicyclic amines) is 1. The van der Waals surface area contributed by atoms with Crippen molar-refractivity contribution >= 4 is 16.7 Å². The Balaban J connectivity index is 1.71. The molecule has 33 heavy (non-hydrogen) atoms. The number of rotatable bonds is 6. The van der Waals surface area contributed by atoms with Gasteiger partial charge in [0.15, 0.2) is 0 Å². The minimum Gasteiger partial charge on any atom is -0.350 e. The minimum absolute atomic E-state index is 0.000483. The molecule has 0 aromatic heterocycles. The average molecular weight is 445 g/mol. The Morgan fingerprint density at radius 1 is 1.24 bits per heavy atom. The van der Waals surface area contributed by atoms with Crippen LogP contribution in [-0.4, -0.2) is 29.9 Å². The molecule has 3 aromatic carbocycles. The number of fused-ring (bicyclic) bond motifs is 1. The summed E-state index contributed by atoms with van der Waals surface area (Å²) >= 11 is 0. The monoisotopic (exact) mass is 444 g/mol. The van der Waals surface area contributed by atoms with Gasteiger partial charge in [-0.05, 0) is 65.4 Å². The van der Waals surface area contributed by atoms with Gasteiger partial charge >= 0.3 is 0 Å². The van der Waals surface area contributed by atoms with Gasteiger partial charge in [-0.2, -0.15) is 5.26 Å². The van der Waals surface area contributed by atoms with E-state index in [-0.39, 0.29) is 17.8 Å². The lowest BCUT2D eigenvalue weighted by Gasteiger charge is -2.38. The van der Waals surface area contributed by atoms with Crippen LogP contribution in [0.15, 0.2) is 54.6 Å². The summed E-state index contributed by atoms with van der Waals surface area (Å²) < 4.78 is 13.6. The molecule has 1 amide bonds. The molecule has 1 fully saturated rings. The fraction of sp³-hybridized carbons (Fsp3) is 0.333. The van der Waals surface area contributed by atoms with Crippen LogP contribution in [0.5, 0.6) is 0 Å². The second-order valence-electron chi connectivity index (χ2n) is 8.82. The van der Waals surface area contributed by atoms with Gasteiger partial charge in [0, 0.05) is 25.7 Å². The standard InChI is InChI=1S/C27H29FN4O/c1-3-23-19(15-29)14-18-6-4-5-7-24(18)25(23)16-31-26(33)27(2,32-13-12-22(30)17-32)20-8-10-21(28)11-9-20/h4-11,14,22H,3,12-13,16-17,30H2,1-2H3,(H,31,33). The molecule has 3 N–H and O–H groups in total. The van der Waals surface area contributed by atoms with Crippen molar-refractivity contribution in [3.63, 3.8) is 0 Å². The molecule has 0 saturated carbocycles. The molecule has 2 atom stereocenters. The smallest absolute Gasteiger partial charge is 0.245 e. The van der Waals surface area contributed by atoms with Crippen molar-refractivity contribution in [3.05, 3.63) is 82.7 Å². The van der Waals surface area contributed by atoms with Crippen LogP contribution in [0.4, 0.5) is 4.39 Å². The van der Waals surface area contributed by atoms with Crippen molar-refractivity contribution in [2.75, 3.05) is 13.1 Å². The molecule has 170 valence electrons. The molecule has 4 rings (SSSR count). The highest BCUT2D eigenvalue weighted by atomic mass is 19.1. The molecule has 6 heteroatoms. The van der Waals surface area contributed by atoms with E-state index in [1.165, 1.54) is 12.1 Å². The topological polar surface area (TPSA) is 82.2 Å². The zero-order chi connectivity index (χ0) is 23.6. The molecule has 1 aliphatic rings. The highest BCUT2D eigenvalue weighted by Crippen LogP contribution is 2.33. The maximum atomic E-state index is 13.8. The summed E-state index contributed by atoms with van der Waals surface area (Å²) in [4.78, 5) is 15.8. The lowest BCUT2D eigenvalue weighted by atomic mass is 9.88. The van der Waals surface area contributed by atoms with Gasteiger partial charge < -0.3 is 11.1 Å². The first-order chi connectivity index (χ1) is 15.9. The number of hydrogen-bond donors (Lipinski definition) is 2. The number of nitrogens with one attached hydrogen (secondary N) is 1. The van der Waals surface area contributed by atoms with Gasteiger partial charge in [-0.25, -0.2) is 4.39 Å². The summed E-state index contributed by atoms with van der Waals surface area (Å²) in [5.41, 5.74) is 8.43. The number of nitriles is 1. The third kappa shape index (κ3) is 4.22. The molecule has 0 bridgehead atoms. The fourth-order valence-electron chi connectivity index (χ4n) is 4.94. The predicted molar refractivity (Wildman–Crippen MR) is 128 cm³/mol. The summed E-state index contributed by atoms with van der Waals surface area (Å²) in [6.07, 6.45) is 1.49. The van der Waals surface area contributed by atoms with E-state index in [4.69, 9.17) is 5.73 Å². The lowest BCUT2D eigenvalue weighted by Crippen LogP contribution is -2.54. The van der Waals surface area contributed by atoms with E-state index in [9.17, 15) is 14.4 Å². The van der Waals surface area contributed by atoms with E-state index in [0.29, 0.717) is 31.6 Å². The molecular formula is C27H29FN4O. The first-order valence-electron chi connectivity index (χ1n) is 11.4. The number of nitrogens with zero attached hydrogens (tertiary/aromatic N) is 2. The van der Waals surface area contributed by atoms with Crippen molar-refractivity contribution in [1.82, 2.24) is 10.2 Å². The van der Waals surface area contributed by atoms with Gasteiger partial charge in [0.1, 0.15) is 11.4 Å². The molecule has 1 saturated heterocycles. The first kappa shape index (κ1) is 22.9. The van der Waals surface area contributed by atoms with Crippen molar-refractivity contribution in [3.8, 4) is 6.07 Å². The summed E-state index contributed by atoms with van der Waals surface area (Å²) in [7, 11) is 0. The Morgan fingerprint density at radius 2 is 1.97 bits per heavy atom. The van der Waals surface area contributed by atoms with Crippen LogP contribution in [0.1, 0.15) is 42.5 Å². The van der Waals surface area contributed by atoms with Crippen molar-refractivity contribution in [2.45, 2.75) is 44.8 Å². The van der Waals surface area contributed by atoms with E-state index < -0.39 is 5.54 Å². The minimum atomic E-state index is -0.989. The van der Waals surface area contributed by atoms with Gasteiger partial charge in [-0.15, -0.1) is 0 Å². The summed E-state index contributed by atoms with van der Waals surface area (Å²) in [6.45, 7) is 5.47. The fourth-order valence-corrected chi connectivity index (χ4v) is 4.94. The van der Waals surface area contributed by atoms with Crippen LogP contribution in [0, 0.1) is 17.1 Å². The molecule has 0 spiro atoms. The van der Waals surface area contributed by atoms with Crippen LogP contribution < -0.4 is 11.1 Å². The molecule has 1 heterocycles. The molecule has 3 aromatic rings. The summed E-state index contributed by atoms with van der Waals surface area (Å²) in [5, 5.41) is 14.8. The third-order valence-electron chi connectivity index (χ3n) is 6.88. The van der Waals surface area contributed by atoms with Gasteiger partial charge in [0.2, 0.25) is 5.91 Å². The zero-order valence-corrected chi connectivity index (χ0v) is 19.1. The van der Waals surface area contributed by atoms with Gasteiger partial charge in [-0.1, -0.05) is 43.3 Å². The second kappa shape index (κ2) is 9.30. The second-order valence-corrected chi connectivity index (χ2v) is 8.82. The van der Waals surface area contributed by atoms with E-state index in [1.807, 2.05) is 44.2 Å². The van der Waals surface area contributed by atoms with E-state index in [2.05, 4.69) is 16.3 Å². The molecule has 2 unspecified atom stereocenters. The van der Waals surface area contributed by atoms with Crippen molar-refractivity contribution in [1.29, 1.82) is 5.26 Å². The highest BCUT2D eigenvalue weighted by Gasteiger charge is 2.43. The maximum absolute atomic E-state index is 13.8. The molecule has 1 aliphatic heterocycles. The summed E-state index contributed by atoms with van der Waals surface area (Å²) in [5.74, 6) is -0.510. The Labute approximate surface area is 194 Å². The van der Waals surface area contributed by atoms with Gasteiger partial charge in [0.25, 0.3) is 0 Å². The van der Waals surface area contributed by atoms with Crippen LogP contribution in [0.25, 0.3) is 10.8 Å². The van der Waals surface area contributed by atoms with Crippen LogP contribution in [-0.2, 0) is 23.3 Å². The number of halogens is 1. The van der Waals surface area contributed by atoms with Gasteiger partial charge in [-0.3, -0.25) is 9.69 Å². The Bertz CT molecular complexity index is 1220. The Kier molecular flexibility index (Phi) is 6.46. The highest BCUT2D eigenvalue weighted by molar-refractivity contribution is 5.90. The van der Waals surface area contributed by atoms with Crippen LogP contribution in [0.3, 0.4) is 0 Å². The van der Waals surface area contributed by atoms with E-state index in [1.54, 1.807) is 12.1 Å². The first-order valence-corrected chi connectivity index (χ1v) is 11.4. The lowest BCUT2D eigenvalue weighted by molar-refractivity contribution is -0.133. The molecule has 0 aliphatic carbocycles. The maximum Gasteiger partial charge on any atom is 0.245 e. The number of hydrogen-bond acceptors (Lipinski definition) is 4. The Hall–Kier alpha value is -3.27. The largest absolute Gasteiger partial charge is 0.350 e. The van der Waals surface area contributed by atoms with E-state index in [0.717, 1.165) is 33.9 Å². The van der Waals surface area contributed by atoms with Crippen LogP contribution >= 0.6 is 0 Å². The molecular weight excluding hydrogens is 415 g/mol. The third-order valence-corrected chi connectivity index (χ3v) is 6.88. The van der Waals surface area contributed by atoms with Gasteiger partial charge in [0.05, 0.1) is 11.6 Å². The number of nitrogens with two attached hydrogens (primary N) is 1. The molecule has 0 radical (unpaired) electrons. The normalized spacial score (nSPS) is 18.1. The SMILES string of the molecule is CCc1c(C#N)cc2ccccc2c1CNC(=O)C(C)(c1ccc(F)cc1)N1CCC(N)C1. The Morgan fingerprint density at radius 3 is 2.61 bits per heavy atom. The van der Waals surface area contributed by atoms with Crippen molar-refractivity contribution < 1.29 is 9.18 Å². The zero-order valence-electron chi connectivity index (χ0n) is 19.1. The summed E-state index contributed by atoms with van der Waals surface area (Å²) in [6, 6.07) is 18.2. The quantitative estimate of drug-likeness (QED) is 0.603. The number of benzene rings is 3. The number of amides is 1. The predicted octanol–water partition coefficient (Wildman–Crippen LogP) is 3.98. The average Bonchev–Trinajstić information content (AvgIpc) is 3.28. The van der Waals surface area contributed by atoms with E-state index >= 15 is 0 Å².